The monoisotopic (exact) mass is 395 g/mol. The van der Waals surface area contributed by atoms with Gasteiger partial charge in [0, 0.05) is 16.2 Å². The number of nitrogens with zero attached hydrogens (tertiary/aromatic N) is 3. The summed E-state index contributed by atoms with van der Waals surface area (Å²) in [6, 6.07) is 19.1. The van der Waals surface area contributed by atoms with Crippen molar-refractivity contribution in [3.05, 3.63) is 88.3 Å². The molecule has 0 bridgehead atoms. The lowest BCUT2D eigenvalue weighted by molar-refractivity contribution is 0.484. The van der Waals surface area contributed by atoms with Gasteiger partial charge in [-0.15, -0.1) is 10.2 Å². The Hall–Kier alpha value is -2.56. The van der Waals surface area contributed by atoms with E-state index in [2.05, 4.69) is 22.3 Å². The number of hydrogen-bond acceptors (Lipinski definition) is 3. The number of pyridine rings is 1. The maximum atomic E-state index is 6.06. The molecule has 0 saturated heterocycles. The molecule has 1 saturated carbocycles. The third-order valence-corrected chi connectivity index (χ3v) is 5.48. The first kappa shape index (κ1) is 16.6. The third-order valence-electron chi connectivity index (χ3n) is 5.00. The zero-order valence-corrected chi connectivity index (χ0v) is 15.8. The largest absolute Gasteiger partial charge is 0.453 e. The standard InChI is InChI=1S/C21H15Cl2N3O/c22-15-8-6-14(7-9-15)21(10-11-21)20-25-24-19-18(5-2-12-26(19)20)27-17-4-1-3-16(23)13-17/h1-9,12-13H,10-11H2. The fourth-order valence-corrected chi connectivity index (χ4v) is 3.80. The summed E-state index contributed by atoms with van der Waals surface area (Å²) in [5.74, 6) is 2.24. The van der Waals surface area contributed by atoms with Crippen LogP contribution in [0, 0.1) is 0 Å². The zero-order chi connectivity index (χ0) is 18.4. The minimum absolute atomic E-state index is 0.112. The van der Waals surface area contributed by atoms with E-state index in [4.69, 9.17) is 27.9 Å². The Morgan fingerprint density at radius 3 is 2.44 bits per heavy atom. The molecule has 2 heterocycles. The van der Waals surface area contributed by atoms with Crippen molar-refractivity contribution in [3.63, 3.8) is 0 Å². The highest BCUT2D eigenvalue weighted by Gasteiger charge is 2.49. The van der Waals surface area contributed by atoms with Gasteiger partial charge in [-0.2, -0.15) is 0 Å². The van der Waals surface area contributed by atoms with E-state index in [0.717, 1.165) is 23.7 Å². The van der Waals surface area contributed by atoms with Crippen LogP contribution in [-0.4, -0.2) is 14.6 Å². The molecule has 134 valence electrons. The lowest BCUT2D eigenvalue weighted by Gasteiger charge is -2.14. The van der Waals surface area contributed by atoms with E-state index in [1.54, 1.807) is 6.07 Å². The predicted octanol–water partition coefficient (Wildman–Crippen LogP) is 5.91. The molecule has 1 fully saturated rings. The molecule has 27 heavy (non-hydrogen) atoms. The second-order valence-corrected chi connectivity index (χ2v) is 7.61. The third kappa shape index (κ3) is 2.85. The Bertz CT molecular complexity index is 1130. The highest BCUT2D eigenvalue weighted by molar-refractivity contribution is 6.30. The van der Waals surface area contributed by atoms with Gasteiger partial charge >= 0.3 is 0 Å². The summed E-state index contributed by atoms with van der Waals surface area (Å²) in [5.41, 5.74) is 1.79. The molecule has 0 unspecified atom stereocenters. The number of rotatable bonds is 4. The van der Waals surface area contributed by atoms with E-state index in [1.165, 1.54) is 5.56 Å². The molecule has 1 aliphatic carbocycles. The van der Waals surface area contributed by atoms with Crippen molar-refractivity contribution in [2.75, 3.05) is 0 Å². The van der Waals surface area contributed by atoms with Gasteiger partial charge in [0.05, 0.1) is 5.41 Å². The summed E-state index contributed by atoms with van der Waals surface area (Å²) in [4.78, 5) is 0. The molecular weight excluding hydrogens is 381 g/mol. The van der Waals surface area contributed by atoms with Crippen LogP contribution in [-0.2, 0) is 5.41 Å². The Labute approximate surface area is 166 Å². The summed E-state index contributed by atoms with van der Waals surface area (Å²) in [7, 11) is 0. The fraction of sp³-hybridized carbons (Fsp3) is 0.143. The number of hydrogen-bond donors (Lipinski definition) is 0. The van der Waals surface area contributed by atoms with Crippen molar-refractivity contribution in [2.24, 2.45) is 0 Å². The van der Waals surface area contributed by atoms with Gasteiger partial charge < -0.3 is 4.74 Å². The molecule has 4 nitrogen and oxygen atoms in total. The molecular formula is C21H15Cl2N3O. The Morgan fingerprint density at radius 1 is 0.889 bits per heavy atom. The second-order valence-electron chi connectivity index (χ2n) is 6.74. The molecule has 5 rings (SSSR count). The minimum atomic E-state index is -0.112. The van der Waals surface area contributed by atoms with E-state index in [1.807, 2.05) is 53.1 Å². The van der Waals surface area contributed by atoms with E-state index in [-0.39, 0.29) is 5.41 Å². The normalized spacial score (nSPS) is 15.0. The summed E-state index contributed by atoms with van der Waals surface area (Å²) >= 11 is 12.1. The molecule has 0 atom stereocenters. The van der Waals surface area contributed by atoms with E-state index < -0.39 is 0 Å². The maximum absolute atomic E-state index is 6.06. The van der Waals surface area contributed by atoms with E-state index in [0.29, 0.717) is 22.2 Å². The van der Waals surface area contributed by atoms with Gasteiger partial charge in [0.15, 0.2) is 5.75 Å². The molecule has 0 N–H and O–H groups in total. The van der Waals surface area contributed by atoms with Gasteiger partial charge in [-0.05, 0) is 60.9 Å². The van der Waals surface area contributed by atoms with Crippen molar-refractivity contribution < 1.29 is 4.74 Å². The summed E-state index contributed by atoms with van der Waals surface area (Å²) in [6.45, 7) is 0. The number of aromatic nitrogens is 3. The summed E-state index contributed by atoms with van der Waals surface area (Å²) in [5, 5.41) is 10.3. The van der Waals surface area contributed by atoms with Crippen molar-refractivity contribution in [3.8, 4) is 11.5 Å². The number of halogens is 2. The van der Waals surface area contributed by atoms with Crippen LogP contribution < -0.4 is 4.74 Å². The van der Waals surface area contributed by atoms with E-state index >= 15 is 0 Å². The van der Waals surface area contributed by atoms with Crippen LogP contribution in [0.1, 0.15) is 24.2 Å². The first-order chi connectivity index (χ1) is 13.2. The highest BCUT2D eigenvalue weighted by Crippen LogP contribution is 2.53. The van der Waals surface area contributed by atoms with Crippen molar-refractivity contribution in [1.29, 1.82) is 0 Å². The first-order valence-corrected chi connectivity index (χ1v) is 9.45. The van der Waals surface area contributed by atoms with Gasteiger partial charge in [-0.25, -0.2) is 0 Å². The summed E-state index contributed by atoms with van der Waals surface area (Å²) in [6.07, 6.45) is 4.05. The number of benzene rings is 2. The smallest absolute Gasteiger partial charge is 0.203 e. The van der Waals surface area contributed by atoms with Crippen LogP contribution in [0.3, 0.4) is 0 Å². The van der Waals surface area contributed by atoms with Crippen LogP contribution in [0.2, 0.25) is 10.0 Å². The zero-order valence-electron chi connectivity index (χ0n) is 14.3. The van der Waals surface area contributed by atoms with Gasteiger partial charge in [0.25, 0.3) is 0 Å². The van der Waals surface area contributed by atoms with Crippen LogP contribution in [0.5, 0.6) is 11.5 Å². The lowest BCUT2D eigenvalue weighted by Crippen LogP contribution is -2.13. The number of ether oxygens (including phenoxy) is 1. The molecule has 0 aliphatic heterocycles. The highest BCUT2D eigenvalue weighted by atomic mass is 35.5. The Kier molecular flexibility index (Phi) is 3.85. The molecule has 4 aromatic rings. The van der Waals surface area contributed by atoms with Crippen LogP contribution >= 0.6 is 23.2 Å². The second kappa shape index (κ2) is 6.25. The van der Waals surface area contributed by atoms with Crippen molar-refractivity contribution in [1.82, 2.24) is 14.6 Å². The molecule has 6 heteroatoms. The van der Waals surface area contributed by atoms with Gasteiger partial charge in [-0.3, -0.25) is 4.40 Å². The molecule has 2 aromatic carbocycles. The van der Waals surface area contributed by atoms with Crippen LogP contribution in [0.25, 0.3) is 5.65 Å². The maximum Gasteiger partial charge on any atom is 0.203 e. The van der Waals surface area contributed by atoms with Gasteiger partial charge in [0.1, 0.15) is 11.6 Å². The van der Waals surface area contributed by atoms with Crippen molar-refractivity contribution in [2.45, 2.75) is 18.3 Å². The molecule has 0 amide bonds. The SMILES string of the molecule is Clc1ccc(C2(c3nnc4c(Oc5cccc(Cl)c5)cccn34)CC2)cc1. The summed E-state index contributed by atoms with van der Waals surface area (Å²) < 4.78 is 8.03. The van der Waals surface area contributed by atoms with E-state index in [9.17, 15) is 0 Å². The Morgan fingerprint density at radius 2 is 1.70 bits per heavy atom. The predicted molar refractivity (Wildman–Crippen MR) is 106 cm³/mol. The molecule has 0 spiro atoms. The lowest BCUT2D eigenvalue weighted by atomic mass is 9.95. The van der Waals surface area contributed by atoms with Crippen LogP contribution in [0.15, 0.2) is 66.9 Å². The molecule has 1 aliphatic rings. The topological polar surface area (TPSA) is 39.4 Å². The van der Waals surface area contributed by atoms with Crippen molar-refractivity contribution >= 4 is 28.8 Å². The van der Waals surface area contributed by atoms with Gasteiger partial charge in [0.2, 0.25) is 5.65 Å². The molecule has 2 aromatic heterocycles. The minimum Gasteiger partial charge on any atom is -0.453 e. The molecule has 0 radical (unpaired) electrons. The fourth-order valence-electron chi connectivity index (χ4n) is 3.49. The average molecular weight is 396 g/mol. The Balaban J connectivity index is 1.57. The van der Waals surface area contributed by atoms with Crippen LogP contribution in [0.4, 0.5) is 0 Å². The first-order valence-electron chi connectivity index (χ1n) is 8.69. The average Bonchev–Trinajstić information content (AvgIpc) is 3.34. The quantitative estimate of drug-likeness (QED) is 0.431. The van der Waals surface area contributed by atoms with Gasteiger partial charge in [-0.1, -0.05) is 41.4 Å². The number of fused-ring (bicyclic) bond motifs is 1.